The second kappa shape index (κ2) is 4.57. The van der Waals surface area contributed by atoms with E-state index in [9.17, 15) is 0 Å². The Morgan fingerprint density at radius 2 is 1.68 bits per heavy atom. The van der Waals surface area contributed by atoms with E-state index in [4.69, 9.17) is 5.73 Å². The van der Waals surface area contributed by atoms with E-state index in [-0.39, 0.29) is 0 Å². The molecule has 2 heterocycles. The molecular formula is C15H14N4. The summed E-state index contributed by atoms with van der Waals surface area (Å²) in [5, 5.41) is 4.54. The van der Waals surface area contributed by atoms with Gasteiger partial charge in [-0.3, -0.25) is 4.98 Å². The van der Waals surface area contributed by atoms with Crippen LogP contribution in [-0.4, -0.2) is 14.8 Å². The van der Waals surface area contributed by atoms with E-state index in [0.29, 0.717) is 5.69 Å². The molecule has 0 amide bonds. The summed E-state index contributed by atoms with van der Waals surface area (Å²) in [5.74, 6) is 0. The van der Waals surface area contributed by atoms with Gasteiger partial charge in [0.15, 0.2) is 0 Å². The van der Waals surface area contributed by atoms with Gasteiger partial charge in [-0.2, -0.15) is 5.10 Å². The molecule has 3 rings (SSSR count). The molecule has 0 radical (unpaired) electrons. The van der Waals surface area contributed by atoms with E-state index >= 15 is 0 Å². The molecule has 0 saturated carbocycles. The Labute approximate surface area is 111 Å². The smallest absolute Gasteiger partial charge is 0.116 e. The first kappa shape index (κ1) is 11.5. The minimum Gasteiger partial charge on any atom is -0.396 e. The SMILES string of the molecule is Cc1ccc(-n2cc(N)c(-c3ccncc3)n2)cc1. The van der Waals surface area contributed by atoms with Crippen LogP contribution in [0.4, 0.5) is 5.69 Å². The quantitative estimate of drug-likeness (QED) is 0.760. The first-order valence-corrected chi connectivity index (χ1v) is 6.06. The average Bonchev–Trinajstić information content (AvgIpc) is 2.83. The van der Waals surface area contributed by atoms with Crippen LogP contribution in [0.3, 0.4) is 0 Å². The summed E-state index contributed by atoms with van der Waals surface area (Å²) < 4.78 is 1.80. The highest BCUT2D eigenvalue weighted by atomic mass is 15.3. The lowest BCUT2D eigenvalue weighted by atomic mass is 10.2. The van der Waals surface area contributed by atoms with Crippen LogP contribution in [-0.2, 0) is 0 Å². The maximum absolute atomic E-state index is 6.04. The van der Waals surface area contributed by atoms with Gasteiger partial charge in [0.2, 0.25) is 0 Å². The lowest BCUT2D eigenvalue weighted by Crippen LogP contribution is -1.94. The van der Waals surface area contributed by atoms with E-state index in [0.717, 1.165) is 16.9 Å². The number of aromatic nitrogens is 3. The van der Waals surface area contributed by atoms with Gasteiger partial charge in [0.25, 0.3) is 0 Å². The standard InChI is InChI=1S/C15H14N4/c1-11-2-4-13(5-3-11)19-10-14(16)15(18-19)12-6-8-17-9-7-12/h2-10H,16H2,1H3. The monoisotopic (exact) mass is 250 g/mol. The second-order valence-corrected chi connectivity index (χ2v) is 4.45. The van der Waals surface area contributed by atoms with Crippen LogP contribution in [0, 0.1) is 6.92 Å². The second-order valence-electron chi connectivity index (χ2n) is 4.45. The number of aryl methyl sites for hydroxylation is 1. The number of pyridine rings is 1. The molecule has 4 nitrogen and oxygen atoms in total. The number of hydrogen-bond donors (Lipinski definition) is 1. The number of anilines is 1. The highest BCUT2D eigenvalue weighted by Gasteiger charge is 2.09. The summed E-state index contributed by atoms with van der Waals surface area (Å²) in [6, 6.07) is 12.0. The van der Waals surface area contributed by atoms with Crippen LogP contribution in [0.2, 0.25) is 0 Å². The first-order valence-electron chi connectivity index (χ1n) is 6.06. The number of nitrogen functional groups attached to an aromatic ring is 1. The predicted octanol–water partition coefficient (Wildman–Crippen LogP) is 2.82. The van der Waals surface area contributed by atoms with Gasteiger partial charge in [0.1, 0.15) is 5.69 Å². The van der Waals surface area contributed by atoms with Crippen molar-refractivity contribution in [3.8, 4) is 16.9 Å². The minimum absolute atomic E-state index is 0.659. The van der Waals surface area contributed by atoms with Crippen molar-refractivity contribution in [1.82, 2.24) is 14.8 Å². The first-order chi connectivity index (χ1) is 9.24. The van der Waals surface area contributed by atoms with E-state index in [2.05, 4.69) is 29.1 Å². The summed E-state index contributed by atoms with van der Waals surface area (Å²) in [6.45, 7) is 2.06. The molecule has 94 valence electrons. The third-order valence-electron chi connectivity index (χ3n) is 2.99. The fraction of sp³-hybridized carbons (Fsp3) is 0.0667. The zero-order chi connectivity index (χ0) is 13.2. The van der Waals surface area contributed by atoms with Gasteiger partial charge in [-0.05, 0) is 31.2 Å². The summed E-state index contributed by atoms with van der Waals surface area (Å²) in [7, 11) is 0. The van der Waals surface area contributed by atoms with Gasteiger partial charge in [-0.25, -0.2) is 4.68 Å². The van der Waals surface area contributed by atoms with Gasteiger partial charge < -0.3 is 5.73 Å². The van der Waals surface area contributed by atoms with Crippen molar-refractivity contribution in [2.45, 2.75) is 6.92 Å². The molecule has 0 saturated heterocycles. The van der Waals surface area contributed by atoms with E-state index in [1.165, 1.54) is 5.56 Å². The van der Waals surface area contributed by atoms with Gasteiger partial charge >= 0.3 is 0 Å². The zero-order valence-electron chi connectivity index (χ0n) is 10.6. The number of nitrogens with two attached hydrogens (primary N) is 1. The van der Waals surface area contributed by atoms with Crippen molar-refractivity contribution in [3.63, 3.8) is 0 Å². The maximum Gasteiger partial charge on any atom is 0.116 e. The molecule has 1 aromatic carbocycles. The third-order valence-corrected chi connectivity index (χ3v) is 2.99. The van der Waals surface area contributed by atoms with Crippen LogP contribution in [0.5, 0.6) is 0 Å². The largest absolute Gasteiger partial charge is 0.396 e. The number of rotatable bonds is 2. The summed E-state index contributed by atoms with van der Waals surface area (Å²) in [6.07, 6.45) is 5.31. The number of benzene rings is 1. The molecule has 2 aromatic heterocycles. The van der Waals surface area contributed by atoms with Crippen LogP contribution in [0.25, 0.3) is 16.9 Å². The molecule has 2 N–H and O–H groups in total. The Morgan fingerprint density at radius 1 is 1.00 bits per heavy atom. The third kappa shape index (κ3) is 2.20. The molecule has 0 aliphatic carbocycles. The Morgan fingerprint density at radius 3 is 2.37 bits per heavy atom. The fourth-order valence-electron chi connectivity index (χ4n) is 1.95. The lowest BCUT2D eigenvalue weighted by Gasteiger charge is -2.01. The Balaban J connectivity index is 2.04. The molecule has 0 spiro atoms. The fourth-order valence-corrected chi connectivity index (χ4v) is 1.95. The van der Waals surface area contributed by atoms with Crippen molar-refractivity contribution < 1.29 is 0 Å². The highest BCUT2D eigenvalue weighted by Crippen LogP contribution is 2.24. The topological polar surface area (TPSA) is 56.7 Å². The van der Waals surface area contributed by atoms with Gasteiger partial charge in [-0.15, -0.1) is 0 Å². The van der Waals surface area contributed by atoms with Crippen molar-refractivity contribution in [3.05, 3.63) is 60.6 Å². The van der Waals surface area contributed by atoms with Crippen LogP contribution in [0.15, 0.2) is 55.0 Å². The number of hydrogen-bond acceptors (Lipinski definition) is 3. The molecule has 0 bridgehead atoms. The minimum atomic E-state index is 0.659. The van der Waals surface area contributed by atoms with Crippen molar-refractivity contribution in [2.24, 2.45) is 0 Å². The summed E-state index contributed by atoms with van der Waals surface area (Å²) >= 11 is 0. The molecule has 0 fully saturated rings. The van der Waals surface area contributed by atoms with Gasteiger partial charge in [-0.1, -0.05) is 17.7 Å². The van der Waals surface area contributed by atoms with E-state index < -0.39 is 0 Å². The lowest BCUT2D eigenvalue weighted by molar-refractivity contribution is 0.884. The van der Waals surface area contributed by atoms with Gasteiger partial charge in [0, 0.05) is 18.0 Å². The predicted molar refractivity (Wildman–Crippen MR) is 75.9 cm³/mol. The van der Waals surface area contributed by atoms with Gasteiger partial charge in [0.05, 0.1) is 17.6 Å². The van der Waals surface area contributed by atoms with Crippen LogP contribution >= 0.6 is 0 Å². The van der Waals surface area contributed by atoms with Crippen LogP contribution < -0.4 is 5.73 Å². The molecule has 0 unspecified atom stereocenters. The van der Waals surface area contributed by atoms with Crippen molar-refractivity contribution in [1.29, 1.82) is 0 Å². The average molecular weight is 250 g/mol. The molecular weight excluding hydrogens is 236 g/mol. The summed E-state index contributed by atoms with van der Waals surface area (Å²) in [5.41, 5.74) is 10.7. The Kier molecular flexibility index (Phi) is 2.76. The Bertz CT molecular complexity index is 684. The zero-order valence-corrected chi connectivity index (χ0v) is 10.6. The molecule has 4 heteroatoms. The number of nitrogens with zero attached hydrogens (tertiary/aromatic N) is 3. The molecule has 0 aliphatic rings. The van der Waals surface area contributed by atoms with E-state index in [1.807, 2.05) is 30.5 Å². The molecule has 19 heavy (non-hydrogen) atoms. The van der Waals surface area contributed by atoms with Crippen LogP contribution in [0.1, 0.15) is 5.56 Å². The van der Waals surface area contributed by atoms with E-state index in [1.54, 1.807) is 17.1 Å². The Hall–Kier alpha value is -2.62. The van der Waals surface area contributed by atoms with Crippen molar-refractivity contribution >= 4 is 5.69 Å². The summed E-state index contributed by atoms with van der Waals surface area (Å²) in [4.78, 5) is 4.00. The molecule has 0 aliphatic heterocycles. The van der Waals surface area contributed by atoms with Crippen molar-refractivity contribution in [2.75, 3.05) is 5.73 Å². The molecule has 0 atom stereocenters. The molecule has 3 aromatic rings. The highest BCUT2D eigenvalue weighted by molar-refractivity contribution is 5.72. The normalized spacial score (nSPS) is 10.6. The maximum atomic E-state index is 6.04.